The first-order chi connectivity index (χ1) is 8.03. The topological polar surface area (TPSA) is 89.1 Å². The van der Waals surface area contributed by atoms with Crippen LogP contribution in [0.2, 0.25) is 0 Å². The molecule has 1 aliphatic heterocycles. The molecule has 0 spiro atoms. The molecule has 2 heterocycles. The molecule has 0 saturated carbocycles. The molecule has 1 fully saturated rings. The highest BCUT2D eigenvalue weighted by molar-refractivity contribution is 5.79. The zero-order chi connectivity index (χ0) is 12.5. The normalized spacial score (nSPS) is 28.4. The third kappa shape index (κ3) is 2.85. The Labute approximate surface area is 116 Å². The Balaban J connectivity index is 0.00000162. The molecule has 6 nitrogen and oxygen atoms in total. The van der Waals surface area contributed by atoms with E-state index in [1.165, 1.54) is 0 Å². The number of hydrogen-bond donors (Lipinski definition) is 2. The van der Waals surface area contributed by atoms with E-state index in [2.05, 4.69) is 9.97 Å². The summed E-state index contributed by atoms with van der Waals surface area (Å²) < 4.78 is 0.398. The van der Waals surface area contributed by atoms with E-state index in [1.807, 2.05) is 7.05 Å². The number of nitrogens with two attached hydrogens (primary N) is 1. The van der Waals surface area contributed by atoms with Crippen molar-refractivity contribution in [3.63, 3.8) is 0 Å². The number of likely N-dealkylation sites (N-methyl/N-ethyl adjacent to an activating group) is 1. The molecule has 18 heavy (non-hydrogen) atoms. The van der Waals surface area contributed by atoms with E-state index < -0.39 is 11.9 Å². The minimum atomic E-state index is -0.541. The predicted octanol–water partition coefficient (Wildman–Crippen LogP) is -3.78. The van der Waals surface area contributed by atoms with Gasteiger partial charge in [-0.2, -0.15) is 0 Å². The Morgan fingerprint density at radius 1 is 1.61 bits per heavy atom. The van der Waals surface area contributed by atoms with Gasteiger partial charge >= 0.3 is 0 Å². The van der Waals surface area contributed by atoms with Crippen LogP contribution in [-0.2, 0) is 4.79 Å². The van der Waals surface area contributed by atoms with Crippen molar-refractivity contribution in [1.82, 2.24) is 9.97 Å². The summed E-state index contributed by atoms with van der Waals surface area (Å²) in [7, 11) is 1.92. The lowest BCUT2D eigenvalue weighted by Gasteiger charge is -2.35. The zero-order valence-electron chi connectivity index (χ0n) is 10.2. The van der Waals surface area contributed by atoms with Gasteiger partial charge in [-0.3, -0.25) is 14.8 Å². The van der Waals surface area contributed by atoms with Gasteiger partial charge in [-0.15, -0.1) is 0 Å². The molecule has 0 radical (unpaired) electrons. The fourth-order valence-electron chi connectivity index (χ4n) is 2.57. The van der Waals surface area contributed by atoms with Gasteiger partial charge in [-0.05, 0) is 0 Å². The number of primary amides is 1. The first-order valence-corrected chi connectivity index (χ1v) is 5.60. The quantitative estimate of drug-likeness (QED) is 0.560. The van der Waals surface area contributed by atoms with Crippen LogP contribution in [0.15, 0.2) is 18.6 Å². The summed E-state index contributed by atoms with van der Waals surface area (Å²) in [6.07, 6.45) is 4.97. The summed E-state index contributed by atoms with van der Waals surface area (Å²) in [5.74, 6) is -0.429. The third-order valence-corrected chi connectivity index (χ3v) is 3.36. The Bertz CT molecular complexity index is 417. The van der Waals surface area contributed by atoms with Crippen molar-refractivity contribution >= 4 is 5.91 Å². The molecule has 1 aliphatic rings. The first kappa shape index (κ1) is 15.0. The molecule has 3 N–H and O–H groups in total. The van der Waals surface area contributed by atoms with Crippen molar-refractivity contribution in [2.75, 3.05) is 20.1 Å². The number of aliphatic hydroxyl groups is 1. The number of aliphatic hydroxyl groups excluding tert-OH is 1. The van der Waals surface area contributed by atoms with Crippen LogP contribution in [0.25, 0.3) is 0 Å². The van der Waals surface area contributed by atoms with E-state index in [9.17, 15) is 9.90 Å². The van der Waals surface area contributed by atoms with Crippen LogP contribution in [0.3, 0.4) is 0 Å². The van der Waals surface area contributed by atoms with E-state index in [1.54, 1.807) is 18.6 Å². The maximum absolute atomic E-state index is 11.7. The van der Waals surface area contributed by atoms with Crippen molar-refractivity contribution in [3.05, 3.63) is 24.3 Å². The molecule has 100 valence electrons. The predicted molar refractivity (Wildman–Crippen MR) is 60.5 cm³/mol. The van der Waals surface area contributed by atoms with E-state index >= 15 is 0 Å². The van der Waals surface area contributed by atoms with E-state index in [-0.39, 0.29) is 23.1 Å². The van der Waals surface area contributed by atoms with Crippen molar-refractivity contribution < 1.29 is 31.4 Å². The second-order valence-electron chi connectivity index (χ2n) is 4.76. The molecule has 1 saturated heterocycles. The lowest BCUT2D eigenvalue weighted by atomic mass is 10.1. The minimum Gasteiger partial charge on any atom is -1.00 e. The van der Waals surface area contributed by atoms with Gasteiger partial charge in [-0.25, -0.2) is 0 Å². The molecular formula is C11H17BrN4O2. The first-order valence-electron chi connectivity index (χ1n) is 5.60. The minimum absolute atomic E-state index is 0. The molecule has 2 rings (SSSR count). The summed E-state index contributed by atoms with van der Waals surface area (Å²) in [5, 5.41) is 9.64. The molecule has 0 aromatic carbocycles. The van der Waals surface area contributed by atoms with Crippen molar-refractivity contribution in [3.8, 4) is 0 Å². The number of aromatic nitrogens is 2. The van der Waals surface area contributed by atoms with Crippen LogP contribution >= 0.6 is 0 Å². The van der Waals surface area contributed by atoms with Crippen molar-refractivity contribution in [2.45, 2.75) is 18.6 Å². The van der Waals surface area contributed by atoms with E-state index in [4.69, 9.17) is 5.73 Å². The van der Waals surface area contributed by atoms with E-state index in [0.29, 0.717) is 29.7 Å². The zero-order valence-corrected chi connectivity index (χ0v) is 11.7. The number of nitrogens with zero attached hydrogens (tertiary/aromatic N) is 3. The number of hydrogen-bond acceptors (Lipinski definition) is 4. The Morgan fingerprint density at radius 2 is 2.33 bits per heavy atom. The number of amides is 1. The van der Waals surface area contributed by atoms with Crippen molar-refractivity contribution in [1.29, 1.82) is 0 Å². The van der Waals surface area contributed by atoms with E-state index in [0.717, 1.165) is 0 Å². The monoisotopic (exact) mass is 316 g/mol. The number of quaternary nitrogens is 1. The standard InChI is InChI=1S/C11H16N4O2.BrH/c1-15(5-2-8(16)7-15)10(11(12)17)9-6-13-3-4-14-9;/h3-4,6,8,10,16H,2,5,7H2,1H3,(H-,12,17);1H/t8-,10?,15?;/m1./s1. The largest absolute Gasteiger partial charge is 1.00 e. The van der Waals surface area contributed by atoms with Gasteiger partial charge in [0.25, 0.3) is 5.91 Å². The van der Waals surface area contributed by atoms with Crippen LogP contribution in [0.4, 0.5) is 0 Å². The molecular weight excluding hydrogens is 300 g/mol. The SMILES string of the molecule is C[N+]1(C(C(N)=O)c2cnccn2)CC[C@@H](O)C1.[Br-]. The molecule has 0 aliphatic carbocycles. The fourth-order valence-corrected chi connectivity index (χ4v) is 2.57. The maximum atomic E-state index is 11.7. The van der Waals surface area contributed by atoms with Gasteiger partial charge in [0, 0.05) is 18.8 Å². The lowest BCUT2D eigenvalue weighted by Crippen LogP contribution is -3.00. The molecule has 7 heteroatoms. The highest BCUT2D eigenvalue weighted by atomic mass is 79.9. The number of halogens is 1. The van der Waals surface area contributed by atoms with Crippen LogP contribution in [0.5, 0.6) is 0 Å². The van der Waals surface area contributed by atoms with Gasteiger partial charge in [0.05, 0.1) is 19.8 Å². The molecule has 3 atom stereocenters. The fraction of sp³-hybridized carbons (Fsp3) is 0.545. The number of rotatable bonds is 3. The van der Waals surface area contributed by atoms with Crippen LogP contribution in [0.1, 0.15) is 18.2 Å². The van der Waals surface area contributed by atoms with Crippen LogP contribution < -0.4 is 22.7 Å². The summed E-state index contributed by atoms with van der Waals surface area (Å²) in [6, 6.07) is -0.541. The van der Waals surface area contributed by atoms with Crippen molar-refractivity contribution in [2.24, 2.45) is 5.73 Å². The second kappa shape index (κ2) is 5.73. The highest BCUT2D eigenvalue weighted by Gasteiger charge is 2.45. The summed E-state index contributed by atoms with van der Waals surface area (Å²) in [5.41, 5.74) is 6.04. The molecule has 1 aromatic rings. The van der Waals surface area contributed by atoms with Crippen LogP contribution in [-0.4, -0.2) is 51.7 Å². The molecule has 1 amide bonds. The van der Waals surface area contributed by atoms with Crippen LogP contribution in [0, 0.1) is 0 Å². The Kier molecular flexibility index (Phi) is 4.78. The number of carbonyl (C=O) groups excluding carboxylic acids is 1. The Morgan fingerprint density at radius 3 is 2.78 bits per heavy atom. The molecule has 2 unspecified atom stereocenters. The summed E-state index contributed by atoms with van der Waals surface area (Å²) in [6.45, 7) is 1.23. The molecule has 0 bridgehead atoms. The van der Waals surface area contributed by atoms with Gasteiger partial charge in [0.1, 0.15) is 18.3 Å². The number of carbonyl (C=O) groups is 1. The summed E-state index contributed by atoms with van der Waals surface area (Å²) in [4.78, 5) is 19.8. The maximum Gasteiger partial charge on any atom is 0.282 e. The Hall–Kier alpha value is -1.05. The van der Waals surface area contributed by atoms with Gasteiger partial charge < -0.3 is 32.3 Å². The second-order valence-corrected chi connectivity index (χ2v) is 4.76. The smallest absolute Gasteiger partial charge is 0.282 e. The number of likely N-dealkylation sites (tertiary alicyclic amines) is 1. The average molecular weight is 317 g/mol. The van der Waals surface area contributed by atoms with Gasteiger partial charge in [0.15, 0.2) is 0 Å². The highest BCUT2D eigenvalue weighted by Crippen LogP contribution is 2.30. The van der Waals surface area contributed by atoms with Gasteiger partial charge in [-0.1, -0.05) is 0 Å². The lowest BCUT2D eigenvalue weighted by molar-refractivity contribution is -0.920. The third-order valence-electron chi connectivity index (χ3n) is 3.36. The van der Waals surface area contributed by atoms with Gasteiger partial charge in [0.2, 0.25) is 6.04 Å². The average Bonchev–Trinajstić information content (AvgIpc) is 2.60. The summed E-state index contributed by atoms with van der Waals surface area (Å²) >= 11 is 0. The molecule has 1 aromatic heterocycles.